The van der Waals surface area contributed by atoms with E-state index in [0.29, 0.717) is 12.5 Å². The van der Waals surface area contributed by atoms with Crippen molar-refractivity contribution in [3.05, 3.63) is 23.5 Å². The quantitative estimate of drug-likeness (QED) is 0.575. The molecule has 0 radical (unpaired) electrons. The molecule has 9 nitrogen and oxygen atoms in total. The van der Waals surface area contributed by atoms with E-state index in [1.54, 1.807) is 0 Å². The standard InChI is InChI=1S/C24H37N7O2S/c1-3-4-9-30(24(32)20-11-17-6-5-8-26-23(17)33-34-20)15-19-12-21-27-22(16(2)13-31(21)28-19)29-10-7-18(25)14-29/h12-13,17-18,20,23,26H,3-11,14-15,25H2,1-2H3. The van der Waals surface area contributed by atoms with Gasteiger partial charge in [-0.1, -0.05) is 13.3 Å². The molecule has 3 saturated heterocycles. The van der Waals surface area contributed by atoms with Crippen molar-refractivity contribution in [3.8, 4) is 0 Å². The molecule has 4 atom stereocenters. The van der Waals surface area contributed by atoms with Gasteiger partial charge in [0.1, 0.15) is 17.3 Å². The van der Waals surface area contributed by atoms with Gasteiger partial charge in [0.05, 0.1) is 12.2 Å². The molecule has 0 aromatic carbocycles. The molecule has 0 saturated carbocycles. The van der Waals surface area contributed by atoms with Crippen molar-refractivity contribution in [2.24, 2.45) is 11.7 Å². The lowest BCUT2D eigenvalue weighted by atomic mass is 9.92. The molecule has 0 aliphatic carbocycles. The van der Waals surface area contributed by atoms with Gasteiger partial charge in [0.15, 0.2) is 5.65 Å². The molecule has 3 fully saturated rings. The van der Waals surface area contributed by atoms with Crippen LogP contribution in [-0.4, -0.2) is 69.1 Å². The molecule has 3 N–H and O–H groups in total. The molecule has 3 aliphatic rings. The van der Waals surface area contributed by atoms with Crippen molar-refractivity contribution in [3.63, 3.8) is 0 Å². The normalized spacial score (nSPS) is 27.2. The molecule has 4 unspecified atom stereocenters. The number of nitrogens with one attached hydrogen (secondary N) is 1. The molecule has 5 heterocycles. The fourth-order valence-electron chi connectivity index (χ4n) is 5.31. The zero-order valence-corrected chi connectivity index (χ0v) is 21.1. The summed E-state index contributed by atoms with van der Waals surface area (Å²) >= 11 is 1.35. The Balaban J connectivity index is 1.32. The second kappa shape index (κ2) is 10.4. The van der Waals surface area contributed by atoms with Crippen LogP contribution in [0.1, 0.15) is 56.7 Å². The number of piperidine rings is 1. The minimum Gasteiger partial charge on any atom is -0.355 e. The Kier molecular flexibility index (Phi) is 7.29. The predicted molar refractivity (Wildman–Crippen MR) is 134 cm³/mol. The molecular weight excluding hydrogens is 450 g/mol. The van der Waals surface area contributed by atoms with Crippen LogP contribution in [0.15, 0.2) is 12.3 Å². The Hall–Kier alpha value is -1.88. The molecule has 10 heteroatoms. The van der Waals surface area contributed by atoms with Gasteiger partial charge in [-0.2, -0.15) is 5.10 Å². The Morgan fingerprint density at radius 1 is 1.41 bits per heavy atom. The number of aromatic nitrogens is 3. The Morgan fingerprint density at radius 2 is 2.29 bits per heavy atom. The maximum Gasteiger partial charge on any atom is 0.238 e. The number of anilines is 1. The molecule has 2 aromatic rings. The number of aryl methyl sites for hydroxylation is 1. The average Bonchev–Trinajstić information content (AvgIpc) is 3.45. The van der Waals surface area contributed by atoms with Crippen molar-refractivity contribution in [2.45, 2.75) is 76.4 Å². The summed E-state index contributed by atoms with van der Waals surface area (Å²) in [7, 11) is 0. The van der Waals surface area contributed by atoms with Crippen LogP contribution in [0.4, 0.5) is 5.82 Å². The van der Waals surface area contributed by atoms with E-state index in [-0.39, 0.29) is 23.4 Å². The topological polar surface area (TPSA) is 101 Å². The van der Waals surface area contributed by atoms with E-state index in [0.717, 1.165) is 87.4 Å². The van der Waals surface area contributed by atoms with Gasteiger partial charge in [-0.05, 0) is 45.6 Å². The summed E-state index contributed by atoms with van der Waals surface area (Å²) in [6, 6.07) is 2.22. The first-order chi connectivity index (χ1) is 16.5. The van der Waals surface area contributed by atoms with Crippen LogP contribution in [0.5, 0.6) is 0 Å². The van der Waals surface area contributed by atoms with Crippen molar-refractivity contribution >= 4 is 29.4 Å². The van der Waals surface area contributed by atoms with Crippen LogP contribution in [0.25, 0.3) is 5.65 Å². The predicted octanol–water partition coefficient (Wildman–Crippen LogP) is 2.47. The second-order valence-corrected chi connectivity index (χ2v) is 10.9. The molecular formula is C24H37N7O2S. The van der Waals surface area contributed by atoms with Crippen LogP contribution >= 0.6 is 12.0 Å². The second-order valence-electron chi connectivity index (χ2n) is 9.99. The summed E-state index contributed by atoms with van der Waals surface area (Å²) in [5.74, 6) is 1.56. The molecule has 0 bridgehead atoms. The maximum atomic E-state index is 13.5. The number of hydrogen-bond donors (Lipinski definition) is 2. The summed E-state index contributed by atoms with van der Waals surface area (Å²) in [4.78, 5) is 22.7. The van der Waals surface area contributed by atoms with E-state index in [9.17, 15) is 4.79 Å². The summed E-state index contributed by atoms with van der Waals surface area (Å²) < 4.78 is 7.80. The fourth-order valence-corrected chi connectivity index (χ4v) is 6.34. The van der Waals surface area contributed by atoms with Gasteiger partial charge in [-0.25, -0.2) is 9.50 Å². The lowest BCUT2D eigenvalue weighted by molar-refractivity contribution is -0.132. The van der Waals surface area contributed by atoms with E-state index in [4.69, 9.17) is 20.0 Å². The zero-order chi connectivity index (χ0) is 23.7. The van der Waals surface area contributed by atoms with Crippen molar-refractivity contribution in [1.29, 1.82) is 0 Å². The summed E-state index contributed by atoms with van der Waals surface area (Å²) in [6.45, 7) is 8.22. The molecule has 1 amide bonds. The van der Waals surface area contributed by atoms with E-state index >= 15 is 0 Å². The lowest BCUT2D eigenvalue weighted by Gasteiger charge is -2.39. The van der Waals surface area contributed by atoms with Gasteiger partial charge in [-0.3, -0.25) is 14.3 Å². The lowest BCUT2D eigenvalue weighted by Crippen LogP contribution is -2.49. The number of unbranched alkanes of at least 4 members (excludes halogenated alkanes) is 1. The minimum atomic E-state index is -0.151. The third-order valence-electron chi connectivity index (χ3n) is 7.22. The van der Waals surface area contributed by atoms with Gasteiger partial charge < -0.3 is 15.5 Å². The Bertz CT molecular complexity index is 1010. The van der Waals surface area contributed by atoms with Crippen molar-refractivity contribution < 1.29 is 8.98 Å². The van der Waals surface area contributed by atoms with Crippen LogP contribution in [0, 0.1) is 12.8 Å². The number of nitrogens with two attached hydrogens (primary N) is 1. The van der Waals surface area contributed by atoms with Crippen LogP contribution in [0.3, 0.4) is 0 Å². The van der Waals surface area contributed by atoms with E-state index in [2.05, 4.69) is 24.1 Å². The van der Waals surface area contributed by atoms with E-state index in [1.165, 1.54) is 12.0 Å². The minimum absolute atomic E-state index is 0.0824. The summed E-state index contributed by atoms with van der Waals surface area (Å²) in [5.41, 5.74) is 8.87. The number of amides is 1. The smallest absolute Gasteiger partial charge is 0.238 e. The summed E-state index contributed by atoms with van der Waals surface area (Å²) in [6.07, 6.45) is 8.27. The summed E-state index contributed by atoms with van der Waals surface area (Å²) in [5, 5.41) is 8.05. The first kappa shape index (κ1) is 23.8. The SMILES string of the molecule is CCCCN(Cc1cc2nc(N3CCC(N)C3)c(C)cn2n1)C(=O)C1CC2CCCNC2OS1. The molecule has 186 valence electrons. The number of fused-ring (bicyclic) bond motifs is 2. The highest BCUT2D eigenvalue weighted by molar-refractivity contribution is 7.96. The molecule has 3 aliphatic heterocycles. The number of carbonyl (C=O) groups excluding carboxylic acids is 1. The first-order valence-corrected chi connectivity index (χ1v) is 13.5. The molecule has 5 rings (SSSR count). The Labute approximate surface area is 206 Å². The largest absolute Gasteiger partial charge is 0.355 e. The number of carbonyl (C=O) groups is 1. The number of nitrogens with zero attached hydrogens (tertiary/aromatic N) is 5. The van der Waals surface area contributed by atoms with Crippen LogP contribution in [-0.2, 0) is 15.5 Å². The number of rotatable bonds is 7. The fraction of sp³-hybridized carbons (Fsp3) is 0.708. The Morgan fingerprint density at radius 3 is 3.09 bits per heavy atom. The van der Waals surface area contributed by atoms with Crippen molar-refractivity contribution in [1.82, 2.24) is 24.8 Å². The molecule has 2 aromatic heterocycles. The van der Waals surface area contributed by atoms with Crippen LogP contribution in [0.2, 0.25) is 0 Å². The van der Waals surface area contributed by atoms with Gasteiger partial charge >= 0.3 is 0 Å². The highest BCUT2D eigenvalue weighted by Crippen LogP contribution is 2.36. The van der Waals surface area contributed by atoms with Crippen LogP contribution < -0.4 is 16.0 Å². The maximum absolute atomic E-state index is 13.5. The average molecular weight is 488 g/mol. The highest BCUT2D eigenvalue weighted by atomic mass is 32.2. The first-order valence-electron chi connectivity index (χ1n) is 12.7. The highest BCUT2D eigenvalue weighted by Gasteiger charge is 2.38. The van der Waals surface area contributed by atoms with E-state index in [1.807, 2.05) is 21.7 Å². The van der Waals surface area contributed by atoms with Gasteiger partial charge in [0.2, 0.25) is 5.91 Å². The monoisotopic (exact) mass is 487 g/mol. The van der Waals surface area contributed by atoms with Gasteiger partial charge in [0, 0.05) is 61.5 Å². The molecule has 0 spiro atoms. The van der Waals surface area contributed by atoms with Gasteiger partial charge in [0.25, 0.3) is 0 Å². The molecule has 34 heavy (non-hydrogen) atoms. The van der Waals surface area contributed by atoms with E-state index < -0.39 is 0 Å². The third kappa shape index (κ3) is 5.05. The van der Waals surface area contributed by atoms with Crippen molar-refractivity contribution in [2.75, 3.05) is 31.1 Å². The van der Waals surface area contributed by atoms with Gasteiger partial charge in [-0.15, -0.1) is 0 Å². The zero-order valence-electron chi connectivity index (χ0n) is 20.3. The third-order valence-corrected chi connectivity index (χ3v) is 8.16. The number of hydrogen-bond acceptors (Lipinski definition) is 8.